The largest absolute Gasteiger partial charge is 0.419 e. The van der Waals surface area contributed by atoms with Crippen LogP contribution in [0.4, 0.5) is 17.6 Å². The normalized spacial score (nSPS) is 13.1. The Morgan fingerprint density at radius 3 is 2.55 bits per heavy atom. The van der Waals surface area contributed by atoms with Crippen molar-refractivity contribution in [3.8, 4) is 0 Å². The summed E-state index contributed by atoms with van der Waals surface area (Å²) in [5, 5.41) is 5.36. The van der Waals surface area contributed by atoms with Gasteiger partial charge in [0.25, 0.3) is 0 Å². The Bertz CT molecular complexity index is 474. The second kappa shape index (κ2) is 6.69. The van der Waals surface area contributed by atoms with Crippen LogP contribution in [0, 0.1) is 5.82 Å². The molecule has 0 saturated heterocycles. The number of halogens is 4. The number of alkyl halides is 3. The fourth-order valence-corrected chi connectivity index (χ4v) is 1.59. The van der Waals surface area contributed by atoms with Crippen LogP contribution >= 0.6 is 0 Å². The van der Waals surface area contributed by atoms with Crippen LogP contribution in [0.1, 0.15) is 25.0 Å². The summed E-state index contributed by atoms with van der Waals surface area (Å²) >= 11 is 0. The lowest BCUT2D eigenvalue weighted by atomic mass is 10.1. The molecule has 0 aliphatic carbocycles. The minimum atomic E-state index is -4.73. The Morgan fingerprint density at radius 2 is 2.00 bits per heavy atom. The number of amides is 1. The molecule has 0 aromatic heterocycles. The summed E-state index contributed by atoms with van der Waals surface area (Å²) in [4.78, 5) is 11.4. The molecule has 1 amide bonds. The highest BCUT2D eigenvalue weighted by Gasteiger charge is 2.34. The van der Waals surface area contributed by atoms with Gasteiger partial charge >= 0.3 is 6.18 Å². The van der Waals surface area contributed by atoms with E-state index in [0.717, 1.165) is 12.1 Å². The van der Waals surface area contributed by atoms with Gasteiger partial charge in [-0.05, 0) is 31.5 Å². The zero-order valence-corrected chi connectivity index (χ0v) is 11.1. The summed E-state index contributed by atoms with van der Waals surface area (Å²) in [6, 6.07) is 2.22. The van der Waals surface area contributed by atoms with Crippen molar-refractivity contribution in [2.24, 2.45) is 0 Å². The first-order chi connectivity index (χ1) is 9.25. The molecule has 0 saturated carbocycles. The van der Waals surface area contributed by atoms with E-state index >= 15 is 0 Å². The fourth-order valence-electron chi connectivity index (χ4n) is 1.59. The van der Waals surface area contributed by atoms with E-state index in [2.05, 4.69) is 10.6 Å². The SMILES string of the molecule is CCNC(=O)C(C)NCc1ccc(F)c(C(F)(F)F)c1. The third-order valence-electron chi connectivity index (χ3n) is 2.69. The Hall–Kier alpha value is -1.63. The zero-order valence-electron chi connectivity index (χ0n) is 11.1. The van der Waals surface area contributed by atoms with Crippen molar-refractivity contribution in [2.45, 2.75) is 32.6 Å². The summed E-state index contributed by atoms with van der Waals surface area (Å²) < 4.78 is 50.7. The molecular weight excluding hydrogens is 276 g/mol. The lowest BCUT2D eigenvalue weighted by molar-refractivity contribution is -0.140. The fraction of sp³-hybridized carbons (Fsp3) is 0.462. The number of hydrogen-bond acceptors (Lipinski definition) is 2. The van der Waals surface area contributed by atoms with Crippen molar-refractivity contribution in [2.75, 3.05) is 6.54 Å². The lowest BCUT2D eigenvalue weighted by Gasteiger charge is -2.14. The summed E-state index contributed by atoms with van der Waals surface area (Å²) in [6.45, 7) is 3.88. The van der Waals surface area contributed by atoms with Crippen LogP contribution < -0.4 is 10.6 Å². The minimum absolute atomic E-state index is 0.0433. The van der Waals surface area contributed by atoms with Crippen molar-refractivity contribution in [3.63, 3.8) is 0 Å². The average molecular weight is 292 g/mol. The molecule has 20 heavy (non-hydrogen) atoms. The quantitative estimate of drug-likeness (QED) is 0.819. The molecule has 7 heteroatoms. The molecular formula is C13H16F4N2O. The molecule has 0 bridgehead atoms. The van der Waals surface area contributed by atoms with E-state index in [1.165, 1.54) is 6.07 Å². The maximum atomic E-state index is 13.1. The van der Waals surface area contributed by atoms with E-state index < -0.39 is 23.6 Å². The predicted octanol–water partition coefficient (Wildman–Crippen LogP) is 2.46. The van der Waals surface area contributed by atoms with Crippen LogP contribution in [-0.2, 0) is 17.5 Å². The minimum Gasteiger partial charge on any atom is -0.355 e. The van der Waals surface area contributed by atoms with Gasteiger partial charge in [0, 0.05) is 13.1 Å². The average Bonchev–Trinajstić information content (AvgIpc) is 2.36. The molecule has 2 N–H and O–H groups in total. The van der Waals surface area contributed by atoms with E-state index in [0.29, 0.717) is 6.54 Å². The van der Waals surface area contributed by atoms with Crippen LogP contribution in [0.5, 0.6) is 0 Å². The third kappa shape index (κ3) is 4.48. The molecule has 0 aliphatic rings. The van der Waals surface area contributed by atoms with E-state index in [4.69, 9.17) is 0 Å². The molecule has 1 unspecified atom stereocenters. The van der Waals surface area contributed by atoms with Gasteiger partial charge in [0.1, 0.15) is 5.82 Å². The highest BCUT2D eigenvalue weighted by Crippen LogP contribution is 2.31. The Labute approximate surface area is 114 Å². The van der Waals surface area contributed by atoms with Gasteiger partial charge < -0.3 is 10.6 Å². The number of hydrogen-bond donors (Lipinski definition) is 2. The van der Waals surface area contributed by atoms with Gasteiger partial charge in [0.2, 0.25) is 5.91 Å². The molecule has 1 rings (SSSR count). The molecule has 3 nitrogen and oxygen atoms in total. The van der Waals surface area contributed by atoms with Crippen molar-refractivity contribution in [3.05, 3.63) is 35.1 Å². The molecule has 1 aromatic carbocycles. The predicted molar refractivity (Wildman–Crippen MR) is 66.4 cm³/mol. The van der Waals surface area contributed by atoms with Gasteiger partial charge in [0.15, 0.2) is 0 Å². The van der Waals surface area contributed by atoms with Crippen molar-refractivity contribution in [1.82, 2.24) is 10.6 Å². The number of rotatable bonds is 5. The Balaban J connectivity index is 2.72. The van der Waals surface area contributed by atoms with Crippen molar-refractivity contribution < 1.29 is 22.4 Å². The molecule has 1 atom stereocenters. The van der Waals surface area contributed by atoms with E-state index in [1.807, 2.05) is 0 Å². The van der Waals surface area contributed by atoms with Gasteiger partial charge in [-0.2, -0.15) is 13.2 Å². The van der Waals surface area contributed by atoms with Gasteiger partial charge in [-0.3, -0.25) is 4.79 Å². The van der Waals surface area contributed by atoms with Gasteiger partial charge in [0.05, 0.1) is 11.6 Å². The van der Waals surface area contributed by atoms with Crippen LogP contribution in [-0.4, -0.2) is 18.5 Å². The summed E-state index contributed by atoms with van der Waals surface area (Å²) in [5.74, 6) is -1.55. The standard InChI is InChI=1S/C13H16F4N2O/c1-3-18-12(20)8(2)19-7-9-4-5-11(14)10(6-9)13(15,16)17/h4-6,8,19H,3,7H2,1-2H3,(H,18,20). The van der Waals surface area contributed by atoms with E-state index in [-0.39, 0.29) is 18.0 Å². The molecule has 1 aromatic rings. The third-order valence-corrected chi connectivity index (χ3v) is 2.69. The van der Waals surface area contributed by atoms with Gasteiger partial charge in [-0.1, -0.05) is 6.07 Å². The maximum Gasteiger partial charge on any atom is 0.419 e. The van der Waals surface area contributed by atoms with Crippen molar-refractivity contribution in [1.29, 1.82) is 0 Å². The van der Waals surface area contributed by atoms with Crippen LogP contribution in [0.25, 0.3) is 0 Å². The van der Waals surface area contributed by atoms with Gasteiger partial charge in [-0.25, -0.2) is 4.39 Å². The monoisotopic (exact) mass is 292 g/mol. The number of carbonyl (C=O) groups is 1. The zero-order chi connectivity index (χ0) is 15.3. The summed E-state index contributed by atoms with van der Waals surface area (Å²) in [6.07, 6.45) is -4.73. The Kier molecular flexibility index (Phi) is 5.50. The molecule has 0 radical (unpaired) electrons. The summed E-state index contributed by atoms with van der Waals surface area (Å²) in [7, 11) is 0. The smallest absolute Gasteiger partial charge is 0.355 e. The van der Waals surface area contributed by atoms with E-state index in [1.54, 1.807) is 13.8 Å². The van der Waals surface area contributed by atoms with Crippen molar-refractivity contribution >= 4 is 5.91 Å². The maximum absolute atomic E-state index is 13.1. The topological polar surface area (TPSA) is 41.1 Å². The second-order valence-electron chi connectivity index (χ2n) is 4.31. The van der Waals surface area contributed by atoms with Crippen LogP contribution in [0.3, 0.4) is 0 Å². The first-order valence-corrected chi connectivity index (χ1v) is 6.12. The Morgan fingerprint density at radius 1 is 1.35 bits per heavy atom. The second-order valence-corrected chi connectivity index (χ2v) is 4.31. The van der Waals surface area contributed by atoms with Gasteiger partial charge in [-0.15, -0.1) is 0 Å². The number of nitrogens with one attached hydrogen (secondary N) is 2. The highest BCUT2D eigenvalue weighted by molar-refractivity contribution is 5.81. The number of likely N-dealkylation sites (N-methyl/N-ethyl adjacent to an activating group) is 1. The lowest BCUT2D eigenvalue weighted by Crippen LogP contribution is -2.41. The molecule has 0 aliphatic heterocycles. The molecule has 0 fully saturated rings. The summed E-state index contributed by atoms with van der Waals surface area (Å²) in [5.41, 5.74) is -1.04. The molecule has 112 valence electrons. The van der Waals surface area contributed by atoms with Crippen LogP contribution in [0.15, 0.2) is 18.2 Å². The number of benzene rings is 1. The first kappa shape index (κ1) is 16.4. The number of carbonyl (C=O) groups excluding carboxylic acids is 1. The molecule has 0 heterocycles. The van der Waals surface area contributed by atoms with E-state index in [9.17, 15) is 22.4 Å². The highest BCUT2D eigenvalue weighted by atomic mass is 19.4. The molecule has 0 spiro atoms. The first-order valence-electron chi connectivity index (χ1n) is 6.12. The van der Waals surface area contributed by atoms with Crippen LogP contribution in [0.2, 0.25) is 0 Å².